The molecule has 0 bridgehead atoms. The second-order valence-corrected chi connectivity index (χ2v) is 5.49. The molecule has 0 heterocycles. The van der Waals surface area contributed by atoms with Gasteiger partial charge in [0, 0.05) is 22.3 Å². The summed E-state index contributed by atoms with van der Waals surface area (Å²) in [6.45, 7) is 3.70. The first-order chi connectivity index (χ1) is 9.85. The maximum absolute atomic E-state index is 11.7. The highest BCUT2D eigenvalue weighted by Gasteiger charge is 2.16. The summed E-state index contributed by atoms with van der Waals surface area (Å²) in [5.74, 6) is -1.66. The molecule has 21 heavy (non-hydrogen) atoms. The van der Waals surface area contributed by atoms with Crippen molar-refractivity contribution in [2.24, 2.45) is 0 Å². The van der Waals surface area contributed by atoms with Crippen molar-refractivity contribution in [2.45, 2.75) is 32.8 Å². The summed E-state index contributed by atoms with van der Waals surface area (Å²) >= 11 is 11.9. The lowest BCUT2D eigenvalue weighted by molar-refractivity contribution is -0.136. The zero-order chi connectivity index (χ0) is 16.0. The zero-order valence-corrected chi connectivity index (χ0v) is 13.4. The van der Waals surface area contributed by atoms with Crippen molar-refractivity contribution >= 4 is 40.7 Å². The highest BCUT2D eigenvalue weighted by atomic mass is 35.5. The van der Waals surface area contributed by atoms with E-state index in [4.69, 9.17) is 23.2 Å². The standard InChI is InChI=1S/C14H18Cl2N2O3/c1-3-4-10(19)7-17-13(20)14(21)18-9-5-11(15)8(2)12(16)6-9/h5-6,10,19H,3-4,7H2,1-2H3,(H,17,20)(H,18,21). The Balaban J connectivity index is 2.58. The fraction of sp³-hybridized carbons (Fsp3) is 0.429. The highest BCUT2D eigenvalue weighted by molar-refractivity contribution is 6.40. The van der Waals surface area contributed by atoms with E-state index in [-0.39, 0.29) is 6.54 Å². The van der Waals surface area contributed by atoms with Gasteiger partial charge < -0.3 is 15.7 Å². The highest BCUT2D eigenvalue weighted by Crippen LogP contribution is 2.27. The second kappa shape index (κ2) is 8.22. The van der Waals surface area contributed by atoms with Crippen LogP contribution in [0, 0.1) is 6.92 Å². The molecule has 0 radical (unpaired) electrons. The number of nitrogens with one attached hydrogen (secondary N) is 2. The van der Waals surface area contributed by atoms with Crippen LogP contribution in [0.4, 0.5) is 5.69 Å². The largest absolute Gasteiger partial charge is 0.391 e. The Morgan fingerprint density at radius 2 is 1.81 bits per heavy atom. The van der Waals surface area contributed by atoms with Crippen molar-refractivity contribution in [2.75, 3.05) is 11.9 Å². The van der Waals surface area contributed by atoms with Crippen molar-refractivity contribution in [1.29, 1.82) is 0 Å². The molecule has 1 aromatic carbocycles. The number of aliphatic hydroxyl groups is 1. The third-order valence-electron chi connectivity index (χ3n) is 2.87. The van der Waals surface area contributed by atoms with Crippen molar-refractivity contribution in [3.63, 3.8) is 0 Å². The molecule has 2 amide bonds. The van der Waals surface area contributed by atoms with Gasteiger partial charge in [-0.3, -0.25) is 9.59 Å². The molecule has 1 aromatic rings. The molecular formula is C14H18Cl2N2O3. The van der Waals surface area contributed by atoms with E-state index in [1.165, 1.54) is 12.1 Å². The number of halogens is 2. The van der Waals surface area contributed by atoms with Gasteiger partial charge in [0.25, 0.3) is 0 Å². The number of rotatable bonds is 5. The van der Waals surface area contributed by atoms with E-state index in [1.807, 2.05) is 6.92 Å². The lowest BCUT2D eigenvalue weighted by atomic mass is 10.2. The Kier molecular flexibility index (Phi) is 6.95. The van der Waals surface area contributed by atoms with E-state index in [0.717, 1.165) is 6.42 Å². The Morgan fingerprint density at radius 1 is 1.24 bits per heavy atom. The summed E-state index contributed by atoms with van der Waals surface area (Å²) < 4.78 is 0. The molecule has 0 saturated carbocycles. The van der Waals surface area contributed by atoms with Crippen LogP contribution in [0.1, 0.15) is 25.3 Å². The third kappa shape index (κ3) is 5.53. The Morgan fingerprint density at radius 3 is 2.33 bits per heavy atom. The number of benzene rings is 1. The van der Waals surface area contributed by atoms with Crippen molar-refractivity contribution in [1.82, 2.24) is 5.32 Å². The van der Waals surface area contributed by atoms with Crippen LogP contribution in [0.3, 0.4) is 0 Å². The molecule has 0 aliphatic heterocycles. The summed E-state index contributed by atoms with van der Waals surface area (Å²) in [6, 6.07) is 3.03. The van der Waals surface area contributed by atoms with Crippen LogP contribution in [0.2, 0.25) is 10.0 Å². The fourth-order valence-corrected chi connectivity index (χ4v) is 2.12. The van der Waals surface area contributed by atoms with Crippen molar-refractivity contribution < 1.29 is 14.7 Å². The third-order valence-corrected chi connectivity index (χ3v) is 3.65. The molecule has 116 valence electrons. The monoisotopic (exact) mass is 332 g/mol. The Hall–Kier alpha value is -1.30. The molecule has 0 aliphatic carbocycles. The van der Waals surface area contributed by atoms with Gasteiger partial charge in [-0.05, 0) is 31.0 Å². The van der Waals surface area contributed by atoms with Gasteiger partial charge in [0.1, 0.15) is 0 Å². The quantitative estimate of drug-likeness (QED) is 0.725. The summed E-state index contributed by atoms with van der Waals surface area (Å²) in [5, 5.41) is 15.1. The molecule has 1 rings (SSSR count). The van der Waals surface area contributed by atoms with E-state index in [2.05, 4.69) is 10.6 Å². The van der Waals surface area contributed by atoms with Crippen molar-refractivity contribution in [3.05, 3.63) is 27.7 Å². The number of anilines is 1. The molecule has 5 nitrogen and oxygen atoms in total. The van der Waals surface area contributed by atoms with E-state index in [0.29, 0.717) is 27.7 Å². The first-order valence-corrected chi connectivity index (χ1v) is 7.33. The van der Waals surface area contributed by atoms with Crippen LogP contribution in [0.5, 0.6) is 0 Å². The molecular weight excluding hydrogens is 315 g/mol. The molecule has 0 saturated heterocycles. The van der Waals surface area contributed by atoms with E-state index >= 15 is 0 Å². The van der Waals surface area contributed by atoms with Crippen LogP contribution < -0.4 is 10.6 Å². The molecule has 0 fully saturated rings. The summed E-state index contributed by atoms with van der Waals surface area (Å²) in [6.07, 6.45) is 0.698. The number of carbonyl (C=O) groups is 2. The maximum Gasteiger partial charge on any atom is 0.313 e. The van der Waals surface area contributed by atoms with Crippen LogP contribution in [0.25, 0.3) is 0 Å². The first kappa shape index (κ1) is 17.8. The normalized spacial score (nSPS) is 11.9. The fourth-order valence-electron chi connectivity index (χ4n) is 1.63. The van der Waals surface area contributed by atoms with Crippen molar-refractivity contribution in [3.8, 4) is 0 Å². The van der Waals surface area contributed by atoms with Crippen LogP contribution in [0.15, 0.2) is 12.1 Å². The number of aliphatic hydroxyl groups excluding tert-OH is 1. The van der Waals surface area contributed by atoms with Crippen LogP contribution in [-0.4, -0.2) is 29.6 Å². The van der Waals surface area contributed by atoms with Crippen LogP contribution >= 0.6 is 23.2 Å². The smallest absolute Gasteiger partial charge is 0.313 e. The first-order valence-electron chi connectivity index (χ1n) is 6.58. The molecule has 0 aliphatic rings. The Bertz CT molecular complexity index is 512. The van der Waals surface area contributed by atoms with Crippen LogP contribution in [-0.2, 0) is 9.59 Å². The minimum absolute atomic E-state index is 0.0372. The van der Waals surface area contributed by atoms with Gasteiger partial charge in [0.05, 0.1) is 6.10 Å². The minimum atomic E-state index is -0.838. The van der Waals surface area contributed by atoms with Gasteiger partial charge in [-0.15, -0.1) is 0 Å². The maximum atomic E-state index is 11.7. The van der Waals surface area contributed by atoms with E-state index in [1.54, 1.807) is 6.92 Å². The van der Waals surface area contributed by atoms with E-state index < -0.39 is 17.9 Å². The molecule has 0 spiro atoms. The van der Waals surface area contributed by atoms with Gasteiger partial charge in [-0.25, -0.2) is 0 Å². The zero-order valence-electron chi connectivity index (χ0n) is 11.9. The predicted octanol–water partition coefficient (Wildman–Crippen LogP) is 2.52. The Labute approximate surface area is 133 Å². The minimum Gasteiger partial charge on any atom is -0.391 e. The summed E-state index contributed by atoms with van der Waals surface area (Å²) in [4.78, 5) is 23.3. The van der Waals surface area contributed by atoms with Gasteiger partial charge in [0.2, 0.25) is 0 Å². The topological polar surface area (TPSA) is 78.4 Å². The van der Waals surface area contributed by atoms with E-state index in [9.17, 15) is 14.7 Å². The summed E-state index contributed by atoms with van der Waals surface area (Å²) in [7, 11) is 0. The number of carbonyl (C=O) groups excluding carboxylic acids is 2. The van der Waals surface area contributed by atoms with Gasteiger partial charge >= 0.3 is 11.8 Å². The average molecular weight is 333 g/mol. The number of hydrogen-bond acceptors (Lipinski definition) is 3. The number of hydrogen-bond donors (Lipinski definition) is 3. The molecule has 3 N–H and O–H groups in total. The van der Waals surface area contributed by atoms with Gasteiger partial charge in [-0.2, -0.15) is 0 Å². The molecule has 7 heteroatoms. The second-order valence-electron chi connectivity index (χ2n) is 4.67. The SMILES string of the molecule is CCCC(O)CNC(=O)C(=O)Nc1cc(Cl)c(C)c(Cl)c1. The molecule has 1 unspecified atom stereocenters. The molecule has 0 aromatic heterocycles. The number of amides is 2. The average Bonchev–Trinajstić information content (AvgIpc) is 2.42. The summed E-state index contributed by atoms with van der Waals surface area (Å²) in [5.41, 5.74) is 1.04. The lowest BCUT2D eigenvalue weighted by Crippen LogP contribution is -2.39. The lowest BCUT2D eigenvalue weighted by Gasteiger charge is -2.11. The van der Waals surface area contributed by atoms with Gasteiger partial charge in [-0.1, -0.05) is 36.5 Å². The predicted molar refractivity (Wildman–Crippen MR) is 83.8 cm³/mol. The van der Waals surface area contributed by atoms with Gasteiger partial charge in [0.15, 0.2) is 0 Å². The molecule has 1 atom stereocenters.